The first kappa shape index (κ1) is 12.3. The van der Waals surface area contributed by atoms with Gasteiger partial charge in [-0.25, -0.2) is 0 Å². The monoisotopic (exact) mass is 260 g/mol. The molecule has 0 amide bonds. The SMILES string of the molecule is O=C1C(=C/C=C/c2ccccc2)C(=O)c2ccccc21. The molecule has 0 heterocycles. The molecule has 0 bridgehead atoms. The molecule has 1 aliphatic rings. The van der Waals surface area contributed by atoms with Crippen LogP contribution >= 0.6 is 0 Å². The van der Waals surface area contributed by atoms with Crippen LogP contribution in [0.4, 0.5) is 0 Å². The summed E-state index contributed by atoms with van der Waals surface area (Å²) in [6.45, 7) is 0. The zero-order chi connectivity index (χ0) is 13.9. The Labute approximate surface area is 117 Å². The fraction of sp³-hybridized carbons (Fsp3) is 0. The van der Waals surface area contributed by atoms with Crippen molar-refractivity contribution in [3.63, 3.8) is 0 Å². The minimum atomic E-state index is -0.191. The van der Waals surface area contributed by atoms with Gasteiger partial charge in [-0.1, -0.05) is 66.7 Å². The van der Waals surface area contributed by atoms with Crippen LogP contribution in [-0.4, -0.2) is 11.6 Å². The molecule has 2 heteroatoms. The molecule has 0 atom stereocenters. The molecule has 0 fully saturated rings. The molecule has 20 heavy (non-hydrogen) atoms. The predicted molar refractivity (Wildman–Crippen MR) is 78.7 cm³/mol. The molecule has 0 aliphatic heterocycles. The Morgan fingerprint density at radius 2 is 1.25 bits per heavy atom. The van der Waals surface area contributed by atoms with Gasteiger partial charge in [0, 0.05) is 11.1 Å². The maximum Gasteiger partial charge on any atom is 0.197 e. The third kappa shape index (κ3) is 2.12. The molecule has 0 aromatic heterocycles. The Hall–Kier alpha value is -2.74. The molecule has 96 valence electrons. The smallest absolute Gasteiger partial charge is 0.197 e. The number of benzene rings is 2. The van der Waals surface area contributed by atoms with Gasteiger partial charge in [0.1, 0.15) is 0 Å². The van der Waals surface area contributed by atoms with E-state index in [1.807, 2.05) is 36.4 Å². The summed E-state index contributed by atoms with van der Waals surface area (Å²) in [6, 6.07) is 16.7. The molecule has 0 N–H and O–H groups in total. The highest BCUT2D eigenvalue weighted by molar-refractivity contribution is 6.39. The quantitative estimate of drug-likeness (QED) is 0.609. The maximum atomic E-state index is 12.1. The zero-order valence-electron chi connectivity index (χ0n) is 10.7. The second-order valence-electron chi connectivity index (χ2n) is 4.55. The van der Waals surface area contributed by atoms with Crippen molar-refractivity contribution in [1.82, 2.24) is 0 Å². The summed E-state index contributed by atoms with van der Waals surface area (Å²) >= 11 is 0. The highest BCUT2D eigenvalue weighted by atomic mass is 16.2. The molecule has 2 nitrogen and oxygen atoms in total. The van der Waals surface area contributed by atoms with Crippen molar-refractivity contribution in [2.75, 3.05) is 0 Å². The number of carbonyl (C=O) groups is 2. The molecule has 0 saturated heterocycles. The summed E-state index contributed by atoms with van der Waals surface area (Å²) in [6.07, 6.45) is 5.21. The highest BCUT2D eigenvalue weighted by Gasteiger charge is 2.31. The Morgan fingerprint density at radius 3 is 1.85 bits per heavy atom. The number of Topliss-reactive ketones (excluding diaryl/α,β-unsaturated/α-hetero) is 2. The first-order valence-electron chi connectivity index (χ1n) is 6.39. The second-order valence-corrected chi connectivity index (χ2v) is 4.55. The molecule has 0 unspecified atom stereocenters. The maximum absolute atomic E-state index is 12.1. The number of carbonyl (C=O) groups excluding carboxylic acids is 2. The molecule has 1 aliphatic carbocycles. The van der Waals surface area contributed by atoms with Crippen LogP contribution in [0.5, 0.6) is 0 Å². The van der Waals surface area contributed by atoms with Crippen molar-refractivity contribution in [2.45, 2.75) is 0 Å². The molecule has 2 aromatic carbocycles. The van der Waals surface area contributed by atoms with E-state index < -0.39 is 0 Å². The number of hydrogen-bond acceptors (Lipinski definition) is 2. The fourth-order valence-corrected chi connectivity index (χ4v) is 2.24. The van der Waals surface area contributed by atoms with Gasteiger partial charge in [0.25, 0.3) is 0 Å². The standard InChI is InChI=1S/C18H12O2/c19-17-14-10-4-5-11-15(14)18(20)16(17)12-6-9-13-7-2-1-3-8-13/h1-12H/b9-6+. The fourth-order valence-electron chi connectivity index (χ4n) is 2.24. The molecule has 3 rings (SSSR count). The third-order valence-electron chi connectivity index (χ3n) is 3.26. The number of rotatable bonds is 2. The van der Waals surface area contributed by atoms with Crippen LogP contribution in [-0.2, 0) is 0 Å². The molecular formula is C18H12O2. The minimum absolute atomic E-state index is 0.191. The average Bonchev–Trinajstić information content (AvgIpc) is 2.74. The van der Waals surface area contributed by atoms with Gasteiger partial charge in [-0.3, -0.25) is 9.59 Å². The van der Waals surface area contributed by atoms with Gasteiger partial charge in [0.2, 0.25) is 0 Å². The Kier molecular flexibility index (Phi) is 3.13. The van der Waals surface area contributed by atoms with Crippen molar-refractivity contribution < 1.29 is 9.59 Å². The van der Waals surface area contributed by atoms with Crippen LogP contribution in [0.3, 0.4) is 0 Å². The van der Waals surface area contributed by atoms with Crippen molar-refractivity contribution in [3.05, 3.63) is 89.0 Å². The van der Waals surface area contributed by atoms with Gasteiger partial charge in [-0.05, 0) is 11.6 Å². The summed E-state index contributed by atoms with van der Waals surface area (Å²) in [5.41, 5.74) is 2.26. The van der Waals surface area contributed by atoms with Gasteiger partial charge >= 0.3 is 0 Å². The number of hydrogen-bond donors (Lipinski definition) is 0. The van der Waals surface area contributed by atoms with E-state index in [4.69, 9.17) is 0 Å². The molecule has 2 aromatic rings. The van der Waals surface area contributed by atoms with Gasteiger partial charge in [0.05, 0.1) is 5.57 Å². The van der Waals surface area contributed by atoms with Crippen LogP contribution in [0.2, 0.25) is 0 Å². The largest absolute Gasteiger partial charge is 0.288 e. The lowest BCUT2D eigenvalue weighted by Crippen LogP contribution is -1.99. The van der Waals surface area contributed by atoms with Crippen LogP contribution in [0.1, 0.15) is 26.3 Å². The van der Waals surface area contributed by atoms with Crippen molar-refractivity contribution in [3.8, 4) is 0 Å². The predicted octanol–water partition coefficient (Wildman–Crippen LogP) is 3.71. The highest BCUT2D eigenvalue weighted by Crippen LogP contribution is 2.26. The summed E-state index contributed by atoms with van der Waals surface area (Å²) in [7, 11) is 0. The minimum Gasteiger partial charge on any atom is -0.288 e. The molecular weight excluding hydrogens is 248 g/mol. The van der Waals surface area contributed by atoms with Gasteiger partial charge < -0.3 is 0 Å². The lowest BCUT2D eigenvalue weighted by molar-refractivity contribution is 0.0989. The lowest BCUT2D eigenvalue weighted by atomic mass is 10.1. The van der Waals surface area contributed by atoms with Crippen molar-refractivity contribution >= 4 is 17.6 Å². The van der Waals surface area contributed by atoms with Crippen LogP contribution in [0, 0.1) is 0 Å². The topological polar surface area (TPSA) is 34.1 Å². The van der Waals surface area contributed by atoms with E-state index in [-0.39, 0.29) is 17.1 Å². The van der Waals surface area contributed by atoms with Crippen LogP contribution < -0.4 is 0 Å². The molecule has 0 saturated carbocycles. The Balaban J connectivity index is 1.90. The van der Waals surface area contributed by atoms with E-state index in [2.05, 4.69) is 0 Å². The van der Waals surface area contributed by atoms with E-state index in [9.17, 15) is 9.59 Å². The number of fused-ring (bicyclic) bond motifs is 1. The van der Waals surface area contributed by atoms with Crippen LogP contribution in [0.15, 0.2) is 72.3 Å². The summed E-state index contributed by atoms with van der Waals surface area (Å²) in [4.78, 5) is 24.3. The zero-order valence-corrected chi connectivity index (χ0v) is 10.7. The lowest BCUT2D eigenvalue weighted by Gasteiger charge is -1.91. The van der Waals surface area contributed by atoms with E-state index in [1.165, 1.54) is 0 Å². The van der Waals surface area contributed by atoms with Gasteiger partial charge in [0.15, 0.2) is 11.6 Å². The van der Waals surface area contributed by atoms with Crippen LogP contribution in [0.25, 0.3) is 6.08 Å². The molecule has 0 radical (unpaired) electrons. The van der Waals surface area contributed by atoms with E-state index >= 15 is 0 Å². The average molecular weight is 260 g/mol. The second kappa shape index (κ2) is 5.10. The van der Waals surface area contributed by atoms with Gasteiger partial charge in [-0.15, -0.1) is 0 Å². The van der Waals surface area contributed by atoms with Crippen molar-refractivity contribution in [1.29, 1.82) is 0 Å². The Morgan fingerprint density at radius 1 is 0.700 bits per heavy atom. The summed E-state index contributed by atoms with van der Waals surface area (Å²) in [5.74, 6) is -0.383. The first-order chi connectivity index (χ1) is 9.77. The summed E-state index contributed by atoms with van der Waals surface area (Å²) in [5, 5.41) is 0. The normalized spacial score (nSPS) is 13.9. The Bertz CT molecular complexity index is 700. The number of ketones is 2. The third-order valence-corrected chi connectivity index (χ3v) is 3.26. The van der Waals surface area contributed by atoms with E-state index in [1.54, 1.807) is 36.4 Å². The van der Waals surface area contributed by atoms with Crippen molar-refractivity contribution in [2.24, 2.45) is 0 Å². The number of allylic oxidation sites excluding steroid dienone is 3. The molecule has 0 spiro atoms. The summed E-state index contributed by atoms with van der Waals surface area (Å²) < 4.78 is 0. The van der Waals surface area contributed by atoms with E-state index in [0.29, 0.717) is 11.1 Å². The first-order valence-corrected chi connectivity index (χ1v) is 6.39. The van der Waals surface area contributed by atoms with E-state index in [0.717, 1.165) is 5.56 Å². The van der Waals surface area contributed by atoms with Gasteiger partial charge in [-0.2, -0.15) is 0 Å².